The highest BCUT2D eigenvalue weighted by molar-refractivity contribution is 9.10. The molecule has 0 aliphatic heterocycles. The van der Waals surface area contributed by atoms with Crippen molar-refractivity contribution in [3.8, 4) is 22.8 Å². The van der Waals surface area contributed by atoms with Gasteiger partial charge < -0.3 is 14.6 Å². The Kier molecular flexibility index (Phi) is 2.99. The Morgan fingerprint density at radius 3 is 2.60 bits per heavy atom. The summed E-state index contributed by atoms with van der Waals surface area (Å²) in [5.41, 5.74) is 0.673. The van der Waals surface area contributed by atoms with E-state index in [-0.39, 0.29) is 22.7 Å². The number of phenols is 2. The number of hydrogen-bond acceptors (Lipinski definition) is 4. The van der Waals surface area contributed by atoms with E-state index >= 15 is 0 Å². The second kappa shape index (κ2) is 4.68. The SMILES string of the molecule is O=c1cc(-c2cc(O)cc(O)c2Br)oc2ccccc12. The molecule has 0 saturated carbocycles. The van der Waals surface area contributed by atoms with Crippen LogP contribution < -0.4 is 5.43 Å². The van der Waals surface area contributed by atoms with E-state index in [0.29, 0.717) is 21.0 Å². The second-order valence-corrected chi connectivity index (χ2v) is 5.09. The standard InChI is InChI=1S/C15H9BrO4/c16-15-10(5-8(17)6-12(15)19)14-7-11(18)9-3-1-2-4-13(9)20-14/h1-7,17,19H. The molecule has 2 aromatic carbocycles. The number of halogens is 1. The van der Waals surface area contributed by atoms with E-state index in [2.05, 4.69) is 15.9 Å². The van der Waals surface area contributed by atoms with Gasteiger partial charge in [0.1, 0.15) is 22.8 Å². The first-order valence-electron chi connectivity index (χ1n) is 5.81. The third-order valence-corrected chi connectivity index (χ3v) is 3.77. The Labute approximate surface area is 122 Å². The van der Waals surface area contributed by atoms with E-state index in [0.717, 1.165) is 0 Å². The lowest BCUT2D eigenvalue weighted by atomic mass is 10.1. The maximum atomic E-state index is 12.1. The zero-order chi connectivity index (χ0) is 14.3. The van der Waals surface area contributed by atoms with Crippen molar-refractivity contribution in [1.29, 1.82) is 0 Å². The highest BCUT2D eigenvalue weighted by atomic mass is 79.9. The van der Waals surface area contributed by atoms with Gasteiger partial charge in [0.15, 0.2) is 5.43 Å². The average Bonchev–Trinajstić information content (AvgIpc) is 2.43. The molecule has 0 bridgehead atoms. The summed E-state index contributed by atoms with van der Waals surface area (Å²) in [7, 11) is 0. The van der Waals surface area contributed by atoms with Crippen LogP contribution in [0.3, 0.4) is 0 Å². The van der Waals surface area contributed by atoms with Crippen molar-refractivity contribution in [2.75, 3.05) is 0 Å². The smallest absolute Gasteiger partial charge is 0.193 e. The monoisotopic (exact) mass is 332 g/mol. The van der Waals surface area contributed by atoms with Crippen molar-refractivity contribution in [3.05, 3.63) is 57.2 Å². The summed E-state index contributed by atoms with van der Waals surface area (Å²) in [6, 6.07) is 10.8. The normalized spacial score (nSPS) is 10.8. The van der Waals surface area contributed by atoms with Gasteiger partial charge in [0, 0.05) is 17.7 Å². The minimum Gasteiger partial charge on any atom is -0.508 e. The summed E-state index contributed by atoms with van der Waals surface area (Å²) in [5.74, 6) is 0.0269. The number of benzene rings is 2. The summed E-state index contributed by atoms with van der Waals surface area (Å²) in [5, 5.41) is 19.7. The van der Waals surface area contributed by atoms with Gasteiger partial charge in [-0.25, -0.2) is 0 Å². The number of phenolic OH excluding ortho intramolecular Hbond substituents is 2. The van der Waals surface area contributed by atoms with E-state index < -0.39 is 0 Å². The molecule has 1 heterocycles. The lowest BCUT2D eigenvalue weighted by Crippen LogP contribution is -2.00. The zero-order valence-corrected chi connectivity index (χ0v) is 11.7. The highest BCUT2D eigenvalue weighted by Crippen LogP contribution is 2.38. The number of para-hydroxylation sites is 1. The molecule has 2 N–H and O–H groups in total. The lowest BCUT2D eigenvalue weighted by molar-refractivity contribution is 0.448. The molecule has 4 nitrogen and oxygen atoms in total. The Morgan fingerprint density at radius 2 is 1.80 bits per heavy atom. The van der Waals surface area contributed by atoms with Crippen molar-refractivity contribution in [2.45, 2.75) is 0 Å². The number of fused-ring (bicyclic) bond motifs is 1. The Balaban J connectivity index is 2.33. The van der Waals surface area contributed by atoms with Crippen LogP contribution in [-0.4, -0.2) is 10.2 Å². The maximum absolute atomic E-state index is 12.1. The van der Waals surface area contributed by atoms with Gasteiger partial charge in [-0.3, -0.25) is 4.79 Å². The first kappa shape index (κ1) is 12.7. The Bertz CT molecular complexity index is 867. The summed E-state index contributed by atoms with van der Waals surface area (Å²) in [6.45, 7) is 0. The third-order valence-electron chi connectivity index (χ3n) is 2.94. The van der Waals surface area contributed by atoms with Crippen LogP contribution in [-0.2, 0) is 0 Å². The van der Waals surface area contributed by atoms with Crippen LogP contribution in [0.25, 0.3) is 22.3 Å². The van der Waals surface area contributed by atoms with Crippen molar-refractivity contribution >= 4 is 26.9 Å². The fourth-order valence-corrected chi connectivity index (χ4v) is 2.43. The lowest BCUT2D eigenvalue weighted by Gasteiger charge is -2.07. The molecule has 0 unspecified atom stereocenters. The summed E-state index contributed by atoms with van der Waals surface area (Å²) in [6.07, 6.45) is 0. The van der Waals surface area contributed by atoms with E-state index in [1.165, 1.54) is 18.2 Å². The fourth-order valence-electron chi connectivity index (χ4n) is 2.01. The fraction of sp³-hybridized carbons (Fsp3) is 0. The second-order valence-electron chi connectivity index (χ2n) is 4.30. The van der Waals surface area contributed by atoms with Gasteiger partial charge in [-0.05, 0) is 34.1 Å². The van der Waals surface area contributed by atoms with Crippen molar-refractivity contribution in [3.63, 3.8) is 0 Å². The molecular weight excluding hydrogens is 324 g/mol. The minimum atomic E-state index is -0.184. The molecule has 20 heavy (non-hydrogen) atoms. The van der Waals surface area contributed by atoms with Crippen molar-refractivity contribution in [1.82, 2.24) is 0 Å². The molecule has 0 spiro atoms. The molecule has 0 atom stereocenters. The number of rotatable bonds is 1. The van der Waals surface area contributed by atoms with Crippen LogP contribution in [0.1, 0.15) is 0 Å². The molecule has 0 aliphatic rings. The first-order chi connectivity index (χ1) is 9.56. The number of hydrogen-bond donors (Lipinski definition) is 2. The summed E-state index contributed by atoms with van der Waals surface area (Å²) < 4.78 is 6.02. The molecule has 1 aromatic heterocycles. The summed E-state index contributed by atoms with van der Waals surface area (Å²) in [4.78, 5) is 12.1. The van der Waals surface area contributed by atoms with Crippen LogP contribution in [0.15, 0.2) is 56.1 Å². The van der Waals surface area contributed by atoms with Gasteiger partial charge in [-0.1, -0.05) is 12.1 Å². The molecule has 100 valence electrons. The van der Waals surface area contributed by atoms with Gasteiger partial charge in [0.25, 0.3) is 0 Å². The van der Waals surface area contributed by atoms with Crippen LogP contribution in [0, 0.1) is 0 Å². The van der Waals surface area contributed by atoms with Crippen LogP contribution in [0.5, 0.6) is 11.5 Å². The van der Waals surface area contributed by atoms with E-state index in [9.17, 15) is 15.0 Å². The molecule has 0 radical (unpaired) electrons. The molecule has 5 heteroatoms. The van der Waals surface area contributed by atoms with Gasteiger partial charge in [0.2, 0.25) is 0 Å². The largest absolute Gasteiger partial charge is 0.508 e. The first-order valence-corrected chi connectivity index (χ1v) is 6.60. The predicted octanol–water partition coefficient (Wildman–Crippen LogP) is 3.63. The molecule has 0 saturated heterocycles. The van der Waals surface area contributed by atoms with E-state index in [1.807, 2.05) is 0 Å². The minimum absolute atomic E-state index is 0.114. The van der Waals surface area contributed by atoms with Crippen molar-refractivity contribution < 1.29 is 14.6 Å². The Morgan fingerprint density at radius 1 is 1.05 bits per heavy atom. The highest BCUT2D eigenvalue weighted by Gasteiger charge is 2.13. The van der Waals surface area contributed by atoms with E-state index in [4.69, 9.17) is 4.42 Å². The van der Waals surface area contributed by atoms with E-state index in [1.54, 1.807) is 24.3 Å². The van der Waals surface area contributed by atoms with Gasteiger partial charge in [0.05, 0.1) is 9.86 Å². The molecule has 0 aliphatic carbocycles. The number of aromatic hydroxyl groups is 2. The van der Waals surface area contributed by atoms with Crippen LogP contribution in [0.2, 0.25) is 0 Å². The van der Waals surface area contributed by atoms with Crippen molar-refractivity contribution in [2.24, 2.45) is 0 Å². The van der Waals surface area contributed by atoms with Crippen LogP contribution >= 0.6 is 15.9 Å². The van der Waals surface area contributed by atoms with Gasteiger partial charge >= 0.3 is 0 Å². The molecule has 0 amide bonds. The molecule has 3 rings (SSSR count). The average molecular weight is 333 g/mol. The third kappa shape index (κ3) is 2.06. The Hall–Kier alpha value is -2.27. The quantitative estimate of drug-likeness (QED) is 0.713. The maximum Gasteiger partial charge on any atom is 0.193 e. The van der Waals surface area contributed by atoms with Gasteiger partial charge in [-0.2, -0.15) is 0 Å². The van der Waals surface area contributed by atoms with Crippen LogP contribution in [0.4, 0.5) is 0 Å². The molecule has 0 fully saturated rings. The topological polar surface area (TPSA) is 70.7 Å². The molecule has 3 aromatic rings. The molecular formula is C15H9BrO4. The predicted molar refractivity (Wildman–Crippen MR) is 78.9 cm³/mol. The summed E-state index contributed by atoms with van der Waals surface area (Å²) >= 11 is 3.22. The zero-order valence-electron chi connectivity index (χ0n) is 10.1. The van der Waals surface area contributed by atoms with Gasteiger partial charge in [-0.15, -0.1) is 0 Å².